The molecule has 3 aromatic carbocycles. The Morgan fingerprint density at radius 3 is 2.37 bits per heavy atom. The van der Waals surface area contributed by atoms with Crippen LogP contribution in [0.4, 0.5) is 9.18 Å². The normalized spacial score (nSPS) is 14.7. The molecule has 178 valence electrons. The van der Waals surface area contributed by atoms with Crippen LogP contribution >= 0.6 is 0 Å². The largest absolute Gasteiger partial charge is 0.493 e. The minimum absolute atomic E-state index is 0.0382. The number of halogens is 1. The van der Waals surface area contributed by atoms with Crippen LogP contribution in [0.5, 0.6) is 11.5 Å². The van der Waals surface area contributed by atoms with E-state index < -0.39 is 17.8 Å². The van der Waals surface area contributed by atoms with Gasteiger partial charge < -0.3 is 9.47 Å². The van der Waals surface area contributed by atoms with E-state index in [-0.39, 0.29) is 17.9 Å². The Morgan fingerprint density at radius 1 is 0.914 bits per heavy atom. The first-order chi connectivity index (χ1) is 16.9. The van der Waals surface area contributed by atoms with Crippen LogP contribution in [-0.2, 0) is 22.6 Å². The first kappa shape index (κ1) is 23.7. The van der Waals surface area contributed by atoms with E-state index in [4.69, 9.17) is 9.47 Å². The maximum Gasteiger partial charge on any atom is 0.331 e. The molecule has 35 heavy (non-hydrogen) atoms. The third kappa shape index (κ3) is 5.73. The molecule has 3 aromatic rings. The minimum atomic E-state index is -0.790. The van der Waals surface area contributed by atoms with E-state index in [2.05, 4.69) is 5.32 Å². The lowest BCUT2D eigenvalue weighted by molar-refractivity contribution is -0.130. The molecule has 7 nitrogen and oxygen atoms in total. The van der Waals surface area contributed by atoms with Gasteiger partial charge in [-0.1, -0.05) is 48.5 Å². The molecule has 0 spiro atoms. The van der Waals surface area contributed by atoms with Gasteiger partial charge in [0, 0.05) is 6.54 Å². The highest BCUT2D eigenvalue weighted by Crippen LogP contribution is 2.30. The molecule has 0 saturated carbocycles. The summed E-state index contributed by atoms with van der Waals surface area (Å²) in [5.74, 6) is -0.911. The van der Waals surface area contributed by atoms with Gasteiger partial charge in [-0.15, -0.1) is 0 Å². The van der Waals surface area contributed by atoms with Gasteiger partial charge in [0.2, 0.25) is 0 Å². The molecule has 1 aliphatic rings. The number of nitrogens with one attached hydrogen (secondary N) is 1. The summed E-state index contributed by atoms with van der Waals surface area (Å²) in [4.78, 5) is 38.6. The van der Waals surface area contributed by atoms with Crippen molar-refractivity contribution < 1.29 is 28.2 Å². The summed E-state index contributed by atoms with van der Waals surface area (Å²) in [5, 5.41) is 2.20. The second kappa shape index (κ2) is 10.6. The Kier molecular flexibility index (Phi) is 7.21. The zero-order chi connectivity index (χ0) is 24.8. The van der Waals surface area contributed by atoms with E-state index in [1.54, 1.807) is 30.3 Å². The summed E-state index contributed by atoms with van der Waals surface area (Å²) in [6.07, 6.45) is 1.72. The van der Waals surface area contributed by atoms with Gasteiger partial charge in [-0.2, -0.15) is 0 Å². The number of ether oxygens (including phenoxy) is 2. The van der Waals surface area contributed by atoms with E-state index in [0.717, 1.165) is 16.0 Å². The van der Waals surface area contributed by atoms with Crippen molar-refractivity contribution in [2.75, 3.05) is 13.7 Å². The summed E-state index contributed by atoms with van der Waals surface area (Å²) in [6, 6.07) is 19.7. The number of rotatable bonds is 8. The number of hydrogen-bond acceptors (Lipinski definition) is 5. The number of carbonyl (C=O) groups is 3. The predicted octanol–water partition coefficient (Wildman–Crippen LogP) is 4.12. The molecule has 8 heteroatoms. The highest BCUT2D eigenvalue weighted by molar-refractivity contribution is 6.31. The van der Waals surface area contributed by atoms with Crippen LogP contribution < -0.4 is 14.8 Å². The average molecular weight is 474 g/mol. The summed E-state index contributed by atoms with van der Waals surface area (Å²) >= 11 is 0. The molecule has 1 aliphatic heterocycles. The van der Waals surface area contributed by atoms with Gasteiger partial charge in [0.1, 0.15) is 18.0 Å². The molecule has 0 aliphatic carbocycles. The zero-order valence-corrected chi connectivity index (χ0v) is 19.0. The van der Waals surface area contributed by atoms with Crippen LogP contribution in [0.25, 0.3) is 6.08 Å². The lowest BCUT2D eigenvalue weighted by Crippen LogP contribution is -2.54. The number of methoxy groups -OCH3 is 1. The van der Waals surface area contributed by atoms with E-state index in [1.807, 2.05) is 30.3 Å². The van der Waals surface area contributed by atoms with Crippen molar-refractivity contribution in [3.63, 3.8) is 0 Å². The molecular formula is C27H23FN2O5. The Hall–Kier alpha value is -4.46. The smallest absolute Gasteiger partial charge is 0.331 e. The van der Waals surface area contributed by atoms with Crippen LogP contribution in [0.3, 0.4) is 0 Å². The molecule has 1 fully saturated rings. The number of nitrogens with zero attached hydrogens (tertiary/aromatic N) is 1. The summed E-state index contributed by atoms with van der Waals surface area (Å²) in [5.41, 5.74) is 2.10. The standard InChI is InChI=1S/C27H23FN2O5/c1-34-24-16-20(9-12-23(24)35-17-19-5-3-2-4-6-19)15-22-25(31)29-27(33)30(26(22)32)14-13-18-7-10-21(28)11-8-18/h2-12,15-16H,13-14,17H2,1H3,(H,29,31,33)/b22-15+. The Bertz CT molecular complexity index is 1270. The number of barbiturate groups is 1. The second-order valence-corrected chi connectivity index (χ2v) is 7.84. The first-order valence-corrected chi connectivity index (χ1v) is 10.9. The molecule has 4 rings (SSSR count). The lowest BCUT2D eigenvalue weighted by atomic mass is 10.1. The van der Waals surface area contributed by atoms with Gasteiger partial charge in [-0.05, 0) is 53.5 Å². The zero-order valence-electron chi connectivity index (χ0n) is 19.0. The maximum atomic E-state index is 13.1. The topological polar surface area (TPSA) is 84.9 Å². The molecule has 0 radical (unpaired) electrons. The third-order valence-corrected chi connectivity index (χ3v) is 5.46. The van der Waals surface area contributed by atoms with Crippen molar-refractivity contribution in [3.8, 4) is 11.5 Å². The lowest BCUT2D eigenvalue weighted by Gasteiger charge is -2.26. The molecular weight excluding hydrogens is 451 g/mol. The number of benzene rings is 3. The summed E-state index contributed by atoms with van der Waals surface area (Å²) < 4.78 is 24.4. The van der Waals surface area contributed by atoms with Gasteiger partial charge in [-0.25, -0.2) is 9.18 Å². The highest BCUT2D eigenvalue weighted by atomic mass is 19.1. The van der Waals surface area contributed by atoms with Gasteiger partial charge in [0.25, 0.3) is 11.8 Å². The number of carbonyl (C=O) groups excluding carboxylic acids is 3. The van der Waals surface area contributed by atoms with E-state index in [9.17, 15) is 18.8 Å². The molecule has 4 amide bonds. The first-order valence-electron chi connectivity index (χ1n) is 10.9. The summed E-state index contributed by atoms with van der Waals surface area (Å²) in [7, 11) is 1.50. The predicted molar refractivity (Wildman–Crippen MR) is 127 cm³/mol. The molecule has 1 heterocycles. The average Bonchev–Trinajstić information content (AvgIpc) is 2.87. The fraction of sp³-hybridized carbons (Fsp3) is 0.148. The molecule has 1 saturated heterocycles. The van der Waals surface area contributed by atoms with E-state index >= 15 is 0 Å². The number of hydrogen-bond donors (Lipinski definition) is 1. The Labute approximate surface area is 201 Å². The molecule has 0 aromatic heterocycles. The van der Waals surface area contributed by atoms with E-state index in [0.29, 0.717) is 30.1 Å². The van der Waals surface area contributed by atoms with Gasteiger partial charge in [0.05, 0.1) is 7.11 Å². The second-order valence-electron chi connectivity index (χ2n) is 7.84. The van der Waals surface area contributed by atoms with E-state index in [1.165, 1.54) is 25.3 Å². The van der Waals surface area contributed by atoms with Crippen molar-refractivity contribution >= 4 is 23.9 Å². The van der Waals surface area contributed by atoms with Crippen LogP contribution in [0, 0.1) is 5.82 Å². The third-order valence-electron chi connectivity index (χ3n) is 5.46. The Morgan fingerprint density at radius 2 is 1.66 bits per heavy atom. The maximum absolute atomic E-state index is 13.1. The molecule has 0 atom stereocenters. The van der Waals surface area contributed by atoms with Crippen molar-refractivity contribution in [3.05, 3.63) is 101 Å². The molecule has 0 unspecified atom stereocenters. The van der Waals surface area contributed by atoms with Crippen LogP contribution in [-0.4, -0.2) is 36.4 Å². The van der Waals surface area contributed by atoms with Crippen molar-refractivity contribution in [1.29, 1.82) is 0 Å². The van der Waals surface area contributed by atoms with Gasteiger partial charge in [-0.3, -0.25) is 19.8 Å². The fourth-order valence-corrected chi connectivity index (χ4v) is 3.58. The molecule has 1 N–H and O–H groups in total. The van der Waals surface area contributed by atoms with Crippen molar-refractivity contribution in [2.24, 2.45) is 0 Å². The van der Waals surface area contributed by atoms with Gasteiger partial charge >= 0.3 is 6.03 Å². The van der Waals surface area contributed by atoms with Crippen LogP contribution in [0.2, 0.25) is 0 Å². The van der Waals surface area contributed by atoms with Crippen LogP contribution in [0.1, 0.15) is 16.7 Å². The van der Waals surface area contributed by atoms with Crippen molar-refractivity contribution in [1.82, 2.24) is 10.2 Å². The monoisotopic (exact) mass is 474 g/mol. The highest BCUT2D eigenvalue weighted by Gasteiger charge is 2.35. The summed E-state index contributed by atoms with van der Waals surface area (Å²) in [6.45, 7) is 0.389. The van der Waals surface area contributed by atoms with Crippen LogP contribution in [0.15, 0.2) is 78.4 Å². The SMILES string of the molecule is COc1cc(/C=C2\C(=O)NC(=O)N(CCc3ccc(F)cc3)C2=O)ccc1OCc1ccccc1. The minimum Gasteiger partial charge on any atom is -0.493 e. The van der Waals surface area contributed by atoms with Gasteiger partial charge in [0.15, 0.2) is 11.5 Å². The number of amides is 4. The quantitative estimate of drug-likeness (QED) is 0.392. The fourth-order valence-electron chi connectivity index (χ4n) is 3.58. The molecule has 0 bridgehead atoms. The number of urea groups is 1. The Balaban J connectivity index is 1.50. The van der Waals surface area contributed by atoms with Crippen molar-refractivity contribution in [2.45, 2.75) is 13.0 Å². The number of imide groups is 2.